The Kier molecular flexibility index (Phi) is 7.19. The summed E-state index contributed by atoms with van der Waals surface area (Å²) in [6.07, 6.45) is 1.44. The third-order valence-corrected chi connectivity index (χ3v) is 7.13. The molecule has 1 aliphatic rings. The first-order chi connectivity index (χ1) is 14.7. The fourth-order valence-corrected chi connectivity index (χ4v) is 4.84. The van der Waals surface area contributed by atoms with Crippen LogP contribution >= 0.6 is 11.6 Å². The van der Waals surface area contributed by atoms with Gasteiger partial charge in [0.1, 0.15) is 5.75 Å². The zero-order chi connectivity index (χ0) is 22.6. The molecule has 31 heavy (non-hydrogen) atoms. The summed E-state index contributed by atoms with van der Waals surface area (Å²) in [5.74, 6) is -1.41. The van der Waals surface area contributed by atoms with Crippen molar-refractivity contribution in [1.82, 2.24) is 4.31 Å². The van der Waals surface area contributed by atoms with Gasteiger partial charge in [0.2, 0.25) is 10.0 Å². The van der Waals surface area contributed by atoms with Crippen LogP contribution in [0.4, 0.5) is 5.69 Å². The number of phenols is 1. The van der Waals surface area contributed by atoms with E-state index in [1.807, 2.05) is 0 Å². The van der Waals surface area contributed by atoms with Gasteiger partial charge < -0.3 is 15.2 Å². The Bertz CT molecular complexity index is 1070. The average Bonchev–Trinajstić information content (AvgIpc) is 2.76. The Hall–Kier alpha value is -2.62. The van der Waals surface area contributed by atoms with E-state index in [-0.39, 0.29) is 26.9 Å². The van der Waals surface area contributed by atoms with Crippen LogP contribution in [0.2, 0.25) is 5.02 Å². The Morgan fingerprint density at radius 1 is 1.10 bits per heavy atom. The quantitative estimate of drug-likeness (QED) is 0.631. The van der Waals surface area contributed by atoms with Crippen LogP contribution in [0.15, 0.2) is 47.4 Å². The second-order valence-electron chi connectivity index (χ2n) is 7.19. The maximum Gasteiger partial charge on any atom is 0.338 e. The van der Waals surface area contributed by atoms with E-state index in [0.717, 1.165) is 19.3 Å². The van der Waals surface area contributed by atoms with E-state index in [1.165, 1.54) is 53.7 Å². The molecule has 1 atom stereocenters. The molecule has 2 aromatic carbocycles. The van der Waals surface area contributed by atoms with E-state index in [2.05, 4.69) is 5.32 Å². The van der Waals surface area contributed by atoms with Crippen LogP contribution in [0.25, 0.3) is 0 Å². The molecule has 0 aromatic heterocycles. The molecule has 1 fully saturated rings. The summed E-state index contributed by atoms with van der Waals surface area (Å²) < 4.78 is 32.3. The highest BCUT2D eigenvalue weighted by atomic mass is 35.5. The zero-order valence-electron chi connectivity index (χ0n) is 16.9. The zero-order valence-corrected chi connectivity index (χ0v) is 18.4. The van der Waals surface area contributed by atoms with Gasteiger partial charge in [-0.1, -0.05) is 18.0 Å². The second kappa shape index (κ2) is 9.67. The van der Waals surface area contributed by atoms with Crippen molar-refractivity contribution in [2.24, 2.45) is 0 Å². The number of carbonyl (C=O) groups is 2. The van der Waals surface area contributed by atoms with Crippen molar-refractivity contribution < 1.29 is 27.9 Å². The van der Waals surface area contributed by atoms with Crippen molar-refractivity contribution in [2.45, 2.75) is 37.2 Å². The standard InChI is InChI=1S/C21H23ClN2O6S/c1-14(30-21(27)15-5-7-16(25)8-6-15)20(26)23-19-13-17(9-10-18(19)22)31(28,29)24-11-3-2-4-12-24/h5-10,13-14,25H,2-4,11-12H2,1H3,(H,23,26). The third-order valence-electron chi connectivity index (χ3n) is 4.90. The number of hydrogen-bond acceptors (Lipinski definition) is 6. The minimum absolute atomic E-state index is 0.00336. The molecule has 0 aliphatic carbocycles. The van der Waals surface area contributed by atoms with Gasteiger partial charge in [-0.2, -0.15) is 4.31 Å². The number of sulfonamides is 1. The SMILES string of the molecule is CC(OC(=O)c1ccc(O)cc1)C(=O)Nc1cc(S(=O)(=O)N2CCCCC2)ccc1Cl. The Labute approximate surface area is 185 Å². The molecular formula is C21H23ClN2O6S. The Balaban J connectivity index is 1.71. The van der Waals surface area contributed by atoms with Gasteiger partial charge in [-0.15, -0.1) is 0 Å². The van der Waals surface area contributed by atoms with Crippen LogP contribution in [-0.2, 0) is 19.6 Å². The van der Waals surface area contributed by atoms with Crippen LogP contribution in [0.3, 0.4) is 0 Å². The summed E-state index contributed by atoms with van der Waals surface area (Å²) in [5, 5.41) is 12.0. The van der Waals surface area contributed by atoms with Gasteiger partial charge in [0.05, 0.1) is 21.2 Å². The smallest absolute Gasteiger partial charge is 0.338 e. The molecule has 1 saturated heterocycles. The number of aromatic hydroxyl groups is 1. The number of phenolic OH excluding ortho intramolecular Hbond substituents is 1. The molecule has 166 valence electrons. The van der Waals surface area contributed by atoms with Gasteiger partial charge in [0, 0.05) is 13.1 Å². The molecule has 1 heterocycles. The third kappa shape index (κ3) is 5.55. The highest BCUT2D eigenvalue weighted by Crippen LogP contribution is 2.28. The first kappa shape index (κ1) is 23.1. The van der Waals surface area contributed by atoms with E-state index in [0.29, 0.717) is 13.1 Å². The van der Waals surface area contributed by atoms with Crippen molar-refractivity contribution in [3.8, 4) is 5.75 Å². The van der Waals surface area contributed by atoms with Crippen molar-refractivity contribution in [1.29, 1.82) is 0 Å². The van der Waals surface area contributed by atoms with Crippen LogP contribution in [0, 0.1) is 0 Å². The number of halogens is 1. The van der Waals surface area contributed by atoms with Crippen molar-refractivity contribution in [3.63, 3.8) is 0 Å². The number of hydrogen-bond donors (Lipinski definition) is 2. The maximum absolute atomic E-state index is 12.9. The van der Waals surface area contributed by atoms with Crippen LogP contribution in [0.1, 0.15) is 36.5 Å². The van der Waals surface area contributed by atoms with E-state index in [4.69, 9.17) is 16.3 Å². The van der Waals surface area contributed by atoms with Crippen LogP contribution in [0.5, 0.6) is 5.75 Å². The molecule has 1 amide bonds. The molecule has 2 N–H and O–H groups in total. The summed E-state index contributed by atoms with van der Waals surface area (Å²) in [4.78, 5) is 24.7. The minimum Gasteiger partial charge on any atom is -0.508 e. The predicted molar refractivity (Wildman–Crippen MR) is 116 cm³/mol. The highest BCUT2D eigenvalue weighted by molar-refractivity contribution is 7.89. The molecule has 0 saturated carbocycles. The Morgan fingerprint density at radius 3 is 2.39 bits per heavy atom. The van der Waals surface area contributed by atoms with Gasteiger partial charge in [-0.3, -0.25) is 4.79 Å². The van der Waals surface area contributed by atoms with Crippen molar-refractivity contribution in [2.75, 3.05) is 18.4 Å². The first-order valence-corrected chi connectivity index (χ1v) is 11.6. The van der Waals surface area contributed by atoms with Crippen molar-refractivity contribution in [3.05, 3.63) is 53.1 Å². The van der Waals surface area contributed by atoms with Crippen LogP contribution in [-0.4, -0.2) is 48.9 Å². The topological polar surface area (TPSA) is 113 Å². The molecule has 8 nitrogen and oxygen atoms in total. The number of ether oxygens (including phenoxy) is 1. The number of nitrogens with one attached hydrogen (secondary N) is 1. The molecule has 0 radical (unpaired) electrons. The van der Waals surface area contributed by atoms with E-state index in [9.17, 15) is 23.1 Å². The predicted octanol–water partition coefficient (Wildman–Crippen LogP) is 3.40. The minimum atomic E-state index is -3.70. The number of amides is 1. The number of rotatable bonds is 6. The molecule has 1 unspecified atom stereocenters. The highest BCUT2D eigenvalue weighted by Gasteiger charge is 2.27. The summed E-state index contributed by atoms with van der Waals surface area (Å²) in [6, 6.07) is 9.50. The summed E-state index contributed by atoms with van der Waals surface area (Å²) in [5.41, 5.74) is 0.280. The number of anilines is 1. The van der Waals surface area contributed by atoms with Gasteiger partial charge >= 0.3 is 5.97 Å². The number of carbonyl (C=O) groups excluding carboxylic acids is 2. The fourth-order valence-electron chi connectivity index (χ4n) is 3.13. The van der Waals surface area contributed by atoms with E-state index < -0.39 is 28.0 Å². The number of piperidine rings is 1. The lowest BCUT2D eigenvalue weighted by Gasteiger charge is -2.26. The Morgan fingerprint density at radius 2 is 1.74 bits per heavy atom. The second-order valence-corrected chi connectivity index (χ2v) is 9.54. The van der Waals surface area contributed by atoms with Gasteiger partial charge in [0.25, 0.3) is 5.91 Å². The molecule has 3 rings (SSSR count). The maximum atomic E-state index is 12.9. The van der Waals surface area contributed by atoms with Gasteiger partial charge in [-0.25, -0.2) is 13.2 Å². The molecule has 10 heteroatoms. The molecule has 1 aliphatic heterocycles. The molecule has 2 aromatic rings. The fraction of sp³-hybridized carbons (Fsp3) is 0.333. The number of benzene rings is 2. The van der Waals surface area contributed by atoms with Gasteiger partial charge in [-0.05, 0) is 62.2 Å². The monoisotopic (exact) mass is 466 g/mol. The lowest BCUT2D eigenvalue weighted by Crippen LogP contribution is -2.35. The number of esters is 1. The lowest BCUT2D eigenvalue weighted by molar-refractivity contribution is -0.123. The van der Waals surface area contributed by atoms with Crippen LogP contribution < -0.4 is 5.32 Å². The summed E-state index contributed by atoms with van der Waals surface area (Å²) in [6.45, 7) is 2.30. The van der Waals surface area contributed by atoms with Crippen molar-refractivity contribution >= 4 is 39.2 Å². The first-order valence-electron chi connectivity index (χ1n) is 9.79. The molecular weight excluding hydrogens is 444 g/mol. The number of nitrogens with zero attached hydrogens (tertiary/aromatic N) is 1. The summed E-state index contributed by atoms with van der Waals surface area (Å²) in [7, 11) is -3.70. The van der Waals surface area contributed by atoms with E-state index in [1.54, 1.807) is 0 Å². The summed E-state index contributed by atoms with van der Waals surface area (Å²) >= 11 is 6.14. The normalized spacial score (nSPS) is 15.8. The molecule has 0 bridgehead atoms. The van der Waals surface area contributed by atoms with E-state index >= 15 is 0 Å². The molecule has 0 spiro atoms. The average molecular weight is 467 g/mol. The lowest BCUT2D eigenvalue weighted by atomic mass is 10.2. The largest absolute Gasteiger partial charge is 0.508 e. The van der Waals surface area contributed by atoms with Gasteiger partial charge in [0.15, 0.2) is 6.10 Å².